The van der Waals surface area contributed by atoms with Crippen molar-refractivity contribution in [2.24, 2.45) is 0 Å². The van der Waals surface area contributed by atoms with Crippen molar-refractivity contribution >= 4 is 11.9 Å². The summed E-state index contributed by atoms with van der Waals surface area (Å²) in [7, 11) is 0. The second kappa shape index (κ2) is 5.70. The molecule has 1 aromatic carbocycles. The summed E-state index contributed by atoms with van der Waals surface area (Å²) in [6, 6.07) is 8.64. The van der Waals surface area contributed by atoms with E-state index in [1.165, 1.54) is 6.92 Å². The number of esters is 2. The molecule has 1 unspecified atom stereocenters. The van der Waals surface area contributed by atoms with Gasteiger partial charge in [-0.2, -0.15) is 0 Å². The van der Waals surface area contributed by atoms with E-state index in [4.69, 9.17) is 4.74 Å². The summed E-state index contributed by atoms with van der Waals surface area (Å²) in [5.41, 5.74) is 0.560. The molecule has 16 heavy (non-hydrogen) atoms. The molecule has 4 nitrogen and oxygen atoms in total. The van der Waals surface area contributed by atoms with Crippen molar-refractivity contribution in [1.82, 2.24) is 0 Å². The first-order valence-corrected chi connectivity index (χ1v) is 4.68. The summed E-state index contributed by atoms with van der Waals surface area (Å²) in [6.07, 6.45) is -0.0430. The first-order valence-electron chi connectivity index (χ1n) is 4.68. The Labute approximate surface area is 93.5 Å². The van der Waals surface area contributed by atoms with Gasteiger partial charge in [-0.15, -0.1) is 0 Å². The van der Waals surface area contributed by atoms with Crippen LogP contribution in [0.1, 0.15) is 18.6 Å². The second-order valence-electron chi connectivity index (χ2n) is 3.00. The van der Waals surface area contributed by atoms with Gasteiger partial charge in [0, 0.05) is 12.5 Å². The lowest BCUT2D eigenvalue weighted by atomic mass is 10.1. The minimum Gasteiger partial charge on any atom is -0.446 e. The van der Waals surface area contributed by atoms with Crippen LogP contribution in [-0.4, -0.2) is 11.9 Å². The highest BCUT2D eigenvalue weighted by Crippen LogP contribution is 2.19. The van der Waals surface area contributed by atoms with Crippen molar-refractivity contribution in [1.29, 1.82) is 0 Å². The quantitative estimate of drug-likeness (QED) is 0.575. The van der Waals surface area contributed by atoms with Gasteiger partial charge in [-0.25, -0.2) is 4.79 Å². The standard InChI is InChI=1S/C12H12O4/c1-3-15-12(14)11(16-9(2)13)10-7-5-4-6-8-10/h3-8,11H,1H2,2H3. The Bertz CT molecular complexity index is 383. The van der Waals surface area contributed by atoms with E-state index < -0.39 is 18.0 Å². The summed E-state index contributed by atoms with van der Waals surface area (Å²) < 4.78 is 9.50. The molecule has 0 aliphatic carbocycles. The second-order valence-corrected chi connectivity index (χ2v) is 3.00. The average Bonchev–Trinajstić information content (AvgIpc) is 2.27. The van der Waals surface area contributed by atoms with Crippen LogP contribution in [0.25, 0.3) is 0 Å². The Morgan fingerprint density at radius 1 is 1.31 bits per heavy atom. The molecule has 0 saturated carbocycles. The van der Waals surface area contributed by atoms with Crippen LogP contribution in [-0.2, 0) is 19.1 Å². The molecule has 0 aliphatic rings. The van der Waals surface area contributed by atoms with E-state index in [1.807, 2.05) is 0 Å². The van der Waals surface area contributed by atoms with Gasteiger partial charge in [-0.05, 0) is 0 Å². The minimum atomic E-state index is -1.04. The van der Waals surface area contributed by atoms with Gasteiger partial charge >= 0.3 is 11.9 Å². The molecule has 4 heteroatoms. The van der Waals surface area contributed by atoms with Crippen LogP contribution in [0.15, 0.2) is 43.2 Å². The third kappa shape index (κ3) is 3.24. The van der Waals surface area contributed by atoms with Crippen molar-refractivity contribution in [3.8, 4) is 0 Å². The molecule has 0 fully saturated rings. The Hall–Kier alpha value is -2.10. The Morgan fingerprint density at radius 3 is 2.44 bits per heavy atom. The summed E-state index contributed by atoms with van der Waals surface area (Å²) in [5.74, 6) is -1.22. The van der Waals surface area contributed by atoms with Crippen molar-refractivity contribution in [2.45, 2.75) is 13.0 Å². The zero-order valence-electron chi connectivity index (χ0n) is 8.88. The highest BCUT2D eigenvalue weighted by molar-refractivity contribution is 5.80. The number of rotatable bonds is 4. The van der Waals surface area contributed by atoms with Gasteiger partial charge in [0.05, 0.1) is 6.26 Å². The minimum absolute atomic E-state index is 0.546. The number of carbonyl (C=O) groups is 2. The third-order valence-electron chi connectivity index (χ3n) is 1.80. The average molecular weight is 220 g/mol. The summed E-state index contributed by atoms with van der Waals surface area (Å²) in [4.78, 5) is 22.4. The first-order chi connectivity index (χ1) is 7.65. The zero-order valence-corrected chi connectivity index (χ0v) is 8.88. The van der Waals surface area contributed by atoms with E-state index in [0.29, 0.717) is 5.56 Å². The van der Waals surface area contributed by atoms with Crippen LogP contribution in [0.3, 0.4) is 0 Å². The first kappa shape index (κ1) is 12.0. The van der Waals surface area contributed by atoms with Crippen molar-refractivity contribution in [3.63, 3.8) is 0 Å². The fourth-order valence-electron chi connectivity index (χ4n) is 1.19. The van der Waals surface area contributed by atoms with Gasteiger partial charge in [0.15, 0.2) is 0 Å². The molecule has 84 valence electrons. The van der Waals surface area contributed by atoms with Crippen LogP contribution in [0, 0.1) is 0 Å². The van der Waals surface area contributed by atoms with E-state index >= 15 is 0 Å². The van der Waals surface area contributed by atoms with E-state index in [-0.39, 0.29) is 0 Å². The zero-order chi connectivity index (χ0) is 12.0. The Balaban J connectivity index is 2.91. The number of ether oxygens (including phenoxy) is 2. The topological polar surface area (TPSA) is 52.6 Å². The number of carbonyl (C=O) groups excluding carboxylic acids is 2. The van der Waals surface area contributed by atoms with Crippen molar-refractivity contribution in [2.75, 3.05) is 0 Å². The molecular weight excluding hydrogens is 208 g/mol. The van der Waals surface area contributed by atoms with Crippen LogP contribution in [0.4, 0.5) is 0 Å². The molecule has 0 bridgehead atoms. The largest absolute Gasteiger partial charge is 0.446 e. The highest BCUT2D eigenvalue weighted by Gasteiger charge is 2.24. The Kier molecular flexibility index (Phi) is 4.27. The molecule has 0 saturated heterocycles. The summed E-state index contributed by atoms with van der Waals surface area (Å²) >= 11 is 0. The van der Waals surface area contributed by atoms with E-state index in [0.717, 1.165) is 6.26 Å². The highest BCUT2D eigenvalue weighted by atomic mass is 16.6. The molecule has 1 rings (SSSR count). The number of benzene rings is 1. The van der Waals surface area contributed by atoms with Gasteiger partial charge < -0.3 is 9.47 Å². The van der Waals surface area contributed by atoms with Gasteiger partial charge in [-0.1, -0.05) is 36.9 Å². The predicted molar refractivity (Wildman–Crippen MR) is 57.2 cm³/mol. The van der Waals surface area contributed by atoms with Gasteiger partial charge in [0.1, 0.15) is 0 Å². The lowest BCUT2D eigenvalue weighted by Gasteiger charge is -2.14. The molecule has 0 aliphatic heterocycles. The normalized spacial score (nSPS) is 11.3. The van der Waals surface area contributed by atoms with Crippen molar-refractivity contribution in [3.05, 3.63) is 48.7 Å². The van der Waals surface area contributed by atoms with Crippen molar-refractivity contribution < 1.29 is 19.1 Å². The maximum absolute atomic E-state index is 11.5. The molecule has 0 heterocycles. The van der Waals surface area contributed by atoms with Gasteiger partial charge in [-0.3, -0.25) is 4.79 Å². The molecule has 0 N–H and O–H groups in total. The monoisotopic (exact) mass is 220 g/mol. The van der Waals surface area contributed by atoms with E-state index in [9.17, 15) is 9.59 Å². The van der Waals surface area contributed by atoms with E-state index in [2.05, 4.69) is 11.3 Å². The lowest BCUT2D eigenvalue weighted by molar-refractivity contribution is -0.163. The molecule has 1 atom stereocenters. The maximum Gasteiger partial charge on any atom is 0.357 e. The van der Waals surface area contributed by atoms with Crippen LogP contribution < -0.4 is 0 Å². The summed E-state index contributed by atoms with van der Waals surface area (Å²) in [6.45, 7) is 4.51. The predicted octanol–water partition coefficient (Wildman–Crippen LogP) is 1.98. The summed E-state index contributed by atoms with van der Waals surface area (Å²) in [5, 5.41) is 0. The Morgan fingerprint density at radius 2 is 1.94 bits per heavy atom. The fraction of sp³-hybridized carbons (Fsp3) is 0.167. The number of hydrogen-bond donors (Lipinski definition) is 0. The molecular formula is C12H12O4. The smallest absolute Gasteiger partial charge is 0.357 e. The maximum atomic E-state index is 11.5. The number of hydrogen-bond acceptors (Lipinski definition) is 4. The molecule has 0 spiro atoms. The molecule has 0 amide bonds. The van der Waals surface area contributed by atoms with E-state index in [1.54, 1.807) is 30.3 Å². The third-order valence-corrected chi connectivity index (χ3v) is 1.80. The van der Waals surface area contributed by atoms with Crippen LogP contribution in [0.5, 0.6) is 0 Å². The van der Waals surface area contributed by atoms with Gasteiger partial charge in [0.2, 0.25) is 6.10 Å². The fourth-order valence-corrected chi connectivity index (χ4v) is 1.19. The van der Waals surface area contributed by atoms with Gasteiger partial charge in [0.25, 0.3) is 0 Å². The van der Waals surface area contributed by atoms with Crippen LogP contribution in [0.2, 0.25) is 0 Å². The molecule has 0 aromatic heterocycles. The lowest BCUT2D eigenvalue weighted by Crippen LogP contribution is -2.19. The molecule has 0 radical (unpaired) electrons. The molecule has 1 aromatic rings. The van der Waals surface area contributed by atoms with Crippen LogP contribution >= 0.6 is 0 Å². The SMILES string of the molecule is C=COC(=O)C(OC(C)=O)c1ccccc1.